The van der Waals surface area contributed by atoms with Crippen molar-refractivity contribution in [3.05, 3.63) is 22.7 Å². The normalized spacial score (nSPS) is 19.1. The van der Waals surface area contributed by atoms with Crippen LogP contribution >= 0.6 is 27.7 Å². The molecule has 1 unspecified atom stereocenters. The lowest BCUT2D eigenvalue weighted by Gasteiger charge is -2.12. The molecule has 1 aromatic rings. The summed E-state index contributed by atoms with van der Waals surface area (Å²) in [6, 6.07) is 5.37. The minimum absolute atomic E-state index is 0.0102. The van der Waals surface area contributed by atoms with Crippen LogP contribution in [0.3, 0.4) is 0 Å². The smallest absolute Gasteiger partial charge is 0.242 e. The number of benzene rings is 1. The number of carbonyl (C=O) groups is 1. The first-order valence-corrected chi connectivity index (χ1v) is 7.11. The number of ether oxygens (including phenoxy) is 1. The van der Waals surface area contributed by atoms with Gasteiger partial charge in [0.15, 0.2) is 0 Å². The van der Waals surface area contributed by atoms with Crippen LogP contribution in [-0.2, 0) is 4.79 Å². The summed E-state index contributed by atoms with van der Waals surface area (Å²) in [6.07, 6.45) is 0. The number of carbonyl (C=O) groups excluding carboxylic acids is 1. The quantitative estimate of drug-likeness (QED) is 0.896. The highest BCUT2D eigenvalue weighted by molar-refractivity contribution is 9.10. The van der Waals surface area contributed by atoms with Crippen molar-refractivity contribution < 1.29 is 9.53 Å². The molecule has 0 saturated carbocycles. The molecule has 1 aliphatic rings. The molecule has 0 aliphatic carbocycles. The van der Waals surface area contributed by atoms with E-state index in [2.05, 4.69) is 26.6 Å². The maximum Gasteiger partial charge on any atom is 0.242 e. The summed E-state index contributed by atoms with van der Waals surface area (Å²) in [4.78, 5) is 11.9. The number of halogens is 1. The van der Waals surface area contributed by atoms with Gasteiger partial charge in [0.05, 0.1) is 18.8 Å². The highest BCUT2D eigenvalue weighted by Crippen LogP contribution is 2.27. The van der Waals surface area contributed by atoms with E-state index in [0.717, 1.165) is 27.5 Å². The largest absolute Gasteiger partial charge is 0.497 e. The maximum absolute atomic E-state index is 11.9. The van der Waals surface area contributed by atoms with Crippen LogP contribution in [0.5, 0.6) is 5.75 Å². The number of hydrogen-bond donors (Lipinski definition) is 2. The highest BCUT2D eigenvalue weighted by Gasteiger charge is 2.22. The number of rotatable bonds is 3. The Bertz CT molecular complexity index is 422. The minimum Gasteiger partial charge on any atom is -0.497 e. The Hall–Kier alpha value is -0.720. The van der Waals surface area contributed by atoms with Crippen molar-refractivity contribution in [3.63, 3.8) is 0 Å². The molecule has 1 fully saturated rings. The van der Waals surface area contributed by atoms with Crippen LogP contribution in [0, 0.1) is 0 Å². The van der Waals surface area contributed by atoms with Crippen LogP contribution < -0.4 is 15.4 Å². The molecule has 0 spiro atoms. The standard InChI is InChI=1S/C11H13BrN2O2S/c1-16-7-2-3-8(12)9(4-7)14-11(15)10-5-17-6-13-10/h2-4,10,13H,5-6H2,1H3,(H,14,15). The molecule has 2 N–H and O–H groups in total. The molecular formula is C11H13BrN2O2S. The lowest BCUT2D eigenvalue weighted by Crippen LogP contribution is -2.37. The average Bonchev–Trinajstić information content (AvgIpc) is 2.85. The van der Waals surface area contributed by atoms with Crippen molar-refractivity contribution in [1.82, 2.24) is 5.32 Å². The second kappa shape index (κ2) is 5.75. The Morgan fingerprint density at radius 1 is 1.65 bits per heavy atom. The molecule has 1 saturated heterocycles. The van der Waals surface area contributed by atoms with Gasteiger partial charge in [-0.3, -0.25) is 10.1 Å². The Morgan fingerprint density at radius 3 is 3.12 bits per heavy atom. The molecule has 2 rings (SSSR count). The van der Waals surface area contributed by atoms with E-state index in [1.807, 2.05) is 12.1 Å². The van der Waals surface area contributed by atoms with Crippen LogP contribution in [0.4, 0.5) is 5.69 Å². The van der Waals surface area contributed by atoms with Crippen molar-refractivity contribution in [2.24, 2.45) is 0 Å². The van der Waals surface area contributed by atoms with Crippen LogP contribution in [0.15, 0.2) is 22.7 Å². The summed E-state index contributed by atoms with van der Waals surface area (Å²) in [5.74, 6) is 2.35. The first-order chi connectivity index (χ1) is 8.20. The number of methoxy groups -OCH3 is 1. The van der Waals surface area contributed by atoms with Gasteiger partial charge in [-0.15, -0.1) is 11.8 Å². The third-order valence-corrected chi connectivity index (χ3v) is 4.10. The summed E-state index contributed by atoms with van der Waals surface area (Å²) in [5.41, 5.74) is 0.730. The second-order valence-electron chi connectivity index (χ2n) is 3.61. The fourth-order valence-corrected chi connectivity index (χ4v) is 2.80. The molecule has 0 radical (unpaired) electrons. The summed E-state index contributed by atoms with van der Waals surface area (Å²) in [6.45, 7) is 0. The van der Waals surface area contributed by atoms with Gasteiger partial charge in [-0.05, 0) is 28.1 Å². The SMILES string of the molecule is COc1ccc(Br)c(NC(=O)C2CSCN2)c1. The zero-order valence-corrected chi connectivity index (χ0v) is 11.7. The first kappa shape index (κ1) is 12.7. The molecule has 1 aromatic carbocycles. The third kappa shape index (κ3) is 3.14. The molecule has 4 nitrogen and oxygen atoms in total. The van der Waals surface area contributed by atoms with E-state index in [0.29, 0.717) is 0 Å². The number of thioether (sulfide) groups is 1. The summed E-state index contributed by atoms with van der Waals surface area (Å²) < 4.78 is 5.97. The summed E-state index contributed by atoms with van der Waals surface area (Å²) in [7, 11) is 1.60. The molecule has 1 heterocycles. The first-order valence-electron chi connectivity index (χ1n) is 5.16. The van der Waals surface area contributed by atoms with Crippen molar-refractivity contribution >= 4 is 39.3 Å². The van der Waals surface area contributed by atoms with E-state index >= 15 is 0 Å². The van der Waals surface area contributed by atoms with Gasteiger partial charge in [-0.2, -0.15) is 0 Å². The zero-order chi connectivity index (χ0) is 12.3. The predicted octanol–water partition coefficient (Wildman–Crippen LogP) is 2.06. The van der Waals surface area contributed by atoms with Gasteiger partial charge in [-0.1, -0.05) is 0 Å². The molecule has 0 aromatic heterocycles. The highest BCUT2D eigenvalue weighted by atomic mass is 79.9. The van der Waals surface area contributed by atoms with E-state index in [1.165, 1.54) is 0 Å². The monoisotopic (exact) mass is 316 g/mol. The lowest BCUT2D eigenvalue weighted by atomic mass is 10.2. The van der Waals surface area contributed by atoms with Gasteiger partial charge < -0.3 is 10.1 Å². The van der Waals surface area contributed by atoms with Crippen molar-refractivity contribution in [2.75, 3.05) is 24.1 Å². The average molecular weight is 317 g/mol. The Morgan fingerprint density at radius 2 is 2.47 bits per heavy atom. The molecule has 1 atom stereocenters. The summed E-state index contributed by atoms with van der Waals surface area (Å²) >= 11 is 5.13. The molecule has 0 bridgehead atoms. The van der Waals surface area contributed by atoms with E-state index in [1.54, 1.807) is 24.9 Å². The number of anilines is 1. The molecular weight excluding hydrogens is 304 g/mol. The third-order valence-electron chi connectivity index (χ3n) is 2.46. The maximum atomic E-state index is 11.9. The Kier molecular flexibility index (Phi) is 4.31. The van der Waals surface area contributed by atoms with Gasteiger partial charge in [0.1, 0.15) is 5.75 Å². The topological polar surface area (TPSA) is 50.4 Å². The van der Waals surface area contributed by atoms with Crippen LogP contribution in [0.25, 0.3) is 0 Å². The fraction of sp³-hybridized carbons (Fsp3) is 0.364. The molecule has 6 heteroatoms. The van der Waals surface area contributed by atoms with E-state index in [9.17, 15) is 4.79 Å². The van der Waals surface area contributed by atoms with Crippen LogP contribution in [-0.4, -0.2) is 30.7 Å². The van der Waals surface area contributed by atoms with Crippen LogP contribution in [0.1, 0.15) is 0 Å². The minimum atomic E-state index is -0.113. The van der Waals surface area contributed by atoms with E-state index in [-0.39, 0.29) is 11.9 Å². The van der Waals surface area contributed by atoms with E-state index < -0.39 is 0 Å². The van der Waals surface area contributed by atoms with Crippen molar-refractivity contribution in [2.45, 2.75) is 6.04 Å². The predicted molar refractivity (Wildman–Crippen MR) is 73.6 cm³/mol. The molecule has 17 heavy (non-hydrogen) atoms. The Labute approximate surface area is 113 Å². The van der Waals surface area contributed by atoms with Gasteiger partial charge in [0, 0.05) is 22.2 Å². The zero-order valence-electron chi connectivity index (χ0n) is 9.33. The Balaban J connectivity index is 2.09. The second-order valence-corrected chi connectivity index (χ2v) is 5.49. The summed E-state index contributed by atoms with van der Waals surface area (Å²) in [5, 5.41) is 6.01. The van der Waals surface area contributed by atoms with E-state index in [4.69, 9.17) is 4.74 Å². The molecule has 92 valence electrons. The fourth-order valence-electron chi connectivity index (χ4n) is 1.51. The van der Waals surface area contributed by atoms with Crippen LogP contribution in [0.2, 0.25) is 0 Å². The molecule has 1 amide bonds. The number of amides is 1. The van der Waals surface area contributed by atoms with Crippen molar-refractivity contribution in [3.8, 4) is 5.75 Å². The number of nitrogens with one attached hydrogen (secondary N) is 2. The van der Waals surface area contributed by atoms with Gasteiger partial charge in [0.2, 0.25) is 5.91 Å². The van der Waals surface area contributed by atoms with Crippen molar-refractivity contribution in [1.29, 1.82) is 0 Å². The van der Waals surface area contributed by atoms with Gasteiger partial charge >= 0.3 is 0 Å². The lowest BCUT2D eigenvalue weighted by molar-refractivity contribution is -0.117. The number of hydrogen-bond acceptors (Lipinski definition) is 4. The molecule has 1 aliphatic heterocycles. The van der Waals surface area contributed by atoms with Gasteiger partial charge in [0.25, 0.3) is 0 Å². The van der Waals surface area contributed by atoms with Gasteiger partial charge in [-0.25, -0.2) is 0 Å².